The van der Waals surface area contributed by atoms with Crippen LogP contribution in [-0.2, 0) is 4.79 Å². The molecule has 9 heteroatoms. The van der Waals surface area contributed by atoms with Crippen LogP contribution in [0.25, 0.3) is 21.8 Å². The van der Waals surface area contributed by atoms with Gasteiger partial charge in [-0.15, -0.1) is 10.1 Å². The summed E-state index contributed by atoms with van der Waals surface area (Å²) in [6.45, 7) is 1.20. The van der Waals surface area contributed by atoms with Crippen LogP contribution in [0.3, 0.4) is 0 Å². The van der Waals surface area contributed by atoms with E-state index >= 15 is 0 Å². The Balaban J connectivity index is 0.000000197. The zero-order valence-corrected chi connectivity index (χ0v) is 15.0. The number of nitrogens with one attached hydrogen (secondary N) is 2. The van der Waals surface area contributed by atoms with Crippen LogP contribution in [0.15, 0.2) is 73.1 Å². The first-order chi connectivity index (χ1) is 13.3. The Morgan fingerprint density at radius 1 is 0.929 bits per heavy atom. The molecule has 0 fully saturated rings. The third-order valence-electron chi connectivity index (χ3n) is 3.28. The number of hydrogen-bond donors (Lipinski definition) is 5. The highest BCUT2D eigenvalue weighted by Gasteiger charge is 2.01. The molecule has 2 aromatic carbocycles. The van der Waals surface area contributed by atoms with Crippen molar-refractivity contribution in [1.29, 1.82) is 0 Å². The van der Waals surface area contributed by atoms with E-state index in [2.05, 4.69) is 46.4 Å². The maximum atomic E-state index is 9.45. The maximum absolute atomic E-state index is 9.45. The number of aromatic nitrogens is 2. The summed E-state index contributed by atoms with van der Waals surface area (Å²) < 4.78 is 0. The van der Waals surface area contributed by atoms with E-state index in [1.165, 1.54) is 28.7 Å². The molecule has 0 spiro atoms. The molecule has 0 aliphatic carbocycles. The van der Waals surface area contributed by atoms with Crippen LogP contribution >= 0.6 is 0 Å². The second-order valence-corrected chi connectivity index (χ2v) is 5.38. The average molecular weight is 387 g/mol. The van der Waals surface area contributed by atoms with Crippen molar-refractivity contribution in [1.82, 2.24) is 9.97 Å². The van der Waals surface area contributed by atoms with Gasteiger partial charge in [-0.2, -0.15) is 0 Å². The number of carboxylic acid groups (broad SMARTS) is 1. The van der Waals surface area contributed by atoms with Gasteiger partial charge in [-0.1, -0.05) is 36.4 Å². The Labute approximate surface area is 160 Å². The molecule has 9 nitrogen and oxygen atoms in total. The van der Waals surface area contributed by atoms with Crippen molar-refractivity contribution in [3.63, 3.8) is 0 Å². The second kappa shape index (κ2) is 11.7. The number of carbonyl (C=O) groups is 1. The van der Waals surface area contributed by atoms with Gasteiger partial charge in [-0.25, -0.2) is 4.79 Å². The Morgan fingerprint density at radius 2 is 1.25 bits per heavy atom. The number of carboxylic acids is 1. The Kier molecular flexibility index (Phi) is 9.28. The monoisotopic (exact) mass is 387 g/mol. The summed E-state index contributed by atoms with van der Waals surface area (Å²) in [6, 6.07) is 20.6. The van der Waals surface area contributed by atoms with E-state index in [4.69, 9.17) is 25.5 Å². The normalized spacial score (nSPS) is 10.4. The number of aliphatic hydroxyl groups is 1. The molecule has 1 atom stereocenters. The molecule has 0 amide bonds. The molecule has 0 aliphatic heterocycles. The van der Waals surface area contributed by atoms with Gasteiger partial charge in [0, 0.05) is 23.4 Å². The molecule has 0 saturated heterocycles. The number of H-pyrrole nitrogens is 2. The van der Waals surface area contributed by atoms with Crippen LogP contribution < -0.4 is 0 Å². The molecule has 0 saturated carbocycles. The van der Waals surface area contributed by atoms with Gasteiger partial charge in [-0.05, 0) is 42.0 Å². The first-order valence-corrected chi connectivity index (χ1v) is 8.09. The van der Waals surface area contributed by atoms with Gasteiger partial charge in [0.15, 0.2) is 0 Å². The fourth-order valence-corrected chi connectivity index (χ4v) is 1.99. The highest BCUT2D eigenvalue weighted by molar-refractivity contribution is 5.79. The standard InChI is InChI=1S/2C8H7N.C3H6O3.HNO3/c2*1-2-4-8-7(3-1)5-6-9-8;1-2(4)3(5)6;2-1(3)4/h2*1-6,9H;2,4H,1H3,(H,5,6);(H,2,3,4). The number of fused-ring (bicyclic) bond motifs is 2. The number of aliphatic carboxylic acids is 1. The zero-order chi connectivity index (χ0) is 20.9. The largest absolute Gasteiger partial charge is 0.479 e. The summed E-state index contributed by atoms with van der Waals surface area (Å²) in [4.78, 5) is 24.0. The summed E-state index contributed by atoms with van der Waals surface area (Å²) in [5.74, 6) is -1.19. The SMILES string of the molecule is CC(O)C(=O)O.O=[N+]([O-])O.c1ccc2[nH]ccc2c1.c1ccc2[nH]ccc2c1. The number of nitrogens with zero attached hydrogens (tertiary/aromatic N) is 1. The van der Waals surface area contributed by atoms with Crippen LogP contribution in [0.1, 0.15) is 6.92 Å². The van der Waals surface area contributed by atoms with E-state index in [0.717, 1.165) is 0 Å². The van der Waals surface area contributed by atoms with E-state index in [-0.39, 0.29) is 0 Å². The van der Waals surface area contributed by atoms with Gasteiger partial charge in [0.1, 0.15) is 6.10 Å². The molecular weight excluding hydrogens is 366 g/mol. The lowest BCUT2D eigenvalue weighted by Crippen LogP contribution is -2.13. The van der Waals surface area contributed by atoms with Crippen molar-refractivity contribution >= 4 is 27.8 Å². The Bertz CT molecular complexity index is 863. The topological polar surface area (TPSA) is 152 Å². The molecule has 0 aliphatic rings. The van der Waals surface area contributed by atoms with E-state index in [1.807, 2.05) is 36.7 Å². The van der Waals surface area contributed by atoms with Crippen LogP contribution in [0.2, 0.25) is 0 Å². The smallest absolute Gasteiger partial charge is 0.332 e. The predicted molar refractivity (Wildman–Crippen MR) is 105 cm³/mol. The molecule has 1 unspecified atom stereocenters. The number of aromatic amines is 2. The van der Waals surface area contributed by atoms with E-state index in [0.29, 0.717) is 0 Å². The summed E-state index contributed by atoms with van der Waals surface area (Å²) in [6.07, 6.45) is 2.67. The first-order valence-electron chi connectivity index (χ1n) is 8.09. The lowest BCUT2D eigenvalue weighted by molar-refractivity contribution is -0.742. The Hall–Kier alpha value is -3.85. The summed E-state index contributed by atoms with van der Waals surface area (Å²) >= 11 is 0. The molecule has 0 radical (unpaired) electrons. The van der Waals surface area contributed by atoms with E-state index in [9.17, 15) is 4.79 Å². The minimum atomic E-state index is -1.50. The molecule has 5 N–H and O–H groups in total. The maximum Gasteiger partial charge on any atom is 0.332 e. The number of benzene rings is 2. The number of rotatable bonds is 1. The van der Waals surface area contributed by atoms with Crippen molar-refractivity contribution < 1.29 is 25.3 Å². The minimum absolute atomic E-state index is 1.19. The van der Waals surface area contributed by atoms with Crippen molar-refractivity contribution in [2.75, 3.05) is 0 Å². The molecule has 4 rings (SSSR count). The highest BCUT2D eigenvalue weighted by atomic mass is 16.9. The molecule has 2 aromatic heterocycles. The molecule has 0 bridgehead atoms. The fourth-order valence-electron chi connectivity index (χ4n) is 1.99. The third kappa shape index (κ3) is 8.50. The van der Waals surface area contributed by atoms with Gasteiger partial charge in [0.05, 0.1) is 0 Å². The average Bonchev–Trinajstić information content (AvgIpc) is 3.31. The summed E-state index contributed by atoms with van der Waals surface area (Å²) in [5.41, 5.74) is 2.41. The van der Waals surface area contributed by atoms with Gasteiger partial charge in [0.25, 0.3) is 5.09 Å². The highest BCUT2D eigenvalue weighted by Crippen LogP contribution is 2.09. The van der Waals surface area contributed by atoms with Crippen LogP contribution in [0.4, 0.5) is 0 Å². The number of hydrogen-bond acceptors (Lipinski definition) is 4. The third-order valence-corrected chi connectivity index (χ3v) is 3.28. The predicted octanol–water partition coefficient (Wildman–Crippen LogP) is 3.44. The molecule has 2 heterocycles. The fraction of sp³-hybridized carbons (Fsp3) is 0.105. The lowest BCUT2D eigenvalue weighted by Gasteiger charge is -1.89. The van der Waals surface area contributed by atoms with Crippen molar-refractivity contribution in [3.8, 4) is 0 Å². The summed E-state index contributed by atoms with van der Waals surface area (Å²) in [5, 5.41) is 32.0. The lowest BCUT2D eigenvalue weighted by atomic mass is 10.3. The first kappa shape index (κ1) is 22.2. The van der Waals surface area contributed by atoms with Crippen LogP contribution in [0, 0.1) is 10.1 Å². The van der Waals surface area contributed by atoms with Crippen LogP contribution in [0.5, 0.6) is 0 Å². The zero-order valence-electron chi connectivity index (χ0n) is 15.0. The molecule has 28 heavy (non-hydrogen) atoms. The number of para-hydroxylation sites is 2. The molecule has 4 aromatic rings. The van der Waals surface area contributed by atoms with Crippen LogP contribution in [-0.4, -0.2) is 42.5 Å². The van der Waals surface area contributed by atoms with Gasteiger partial charge < -0.3 is 25.4 Å². The summed E-state index contributed by atoms with van der Waals surface area (Å²) in [7, 11) is 0. The van der Waals surface area contributed by atoms with Crippen molar-refractivity contribution in [3.05, 3.63) is 83.2 Å². The van der Waals surface area contributed by atoms with Gasteiger partial charge in [-0.3, -0.25) is 0 Å². The van der Waals surface area contributed by atoms with Crippen molar-refractivity contribution in [2.24, 2.45) is 0 Å². The quantitative estimate of drug-likeness (QED) is 0.249. The molecule has 148 valence electrons. The second-order valence-electron chi connectivity index (χ2n) is 5.38. The Morgan fingerprint density at radius 3 is 1.54 bits per heavy atom. The van der Waals surface area contributed by atoms with Crippen molar-refractivity contribution in [2.45, 2.75) is 13.0 Å². The van der Waals surface area contributed by atoms with E-state index in [1.54, 1.807) is 0 Å². The number of aliphatic hydroxyl groups excluding tert-OH is 1. The van der Waals surface area contributed by atoms with E-state index < -0.39 is 17.2 Å². The van der Waals surface area contributed by atoms with Gasteiger partial charge >= 0.3 is 5.97 Å². The van der Waals surface area contributed by atoms with Gasteiger partial charge in [0.2, 0.25) is 0 Å². The minimum Gasteiger partial charge on any atom is -0.479 e. The molecular formula is C19H21N3O6.